The number of rotatable bonds is 15. The lowest BCUT2D eigenvalue weighted by atomic mass is 9.83. The average molecular weight is 881 g/mol. The molecule has 0 spiro atoms. The van der Waals surface area contributed by atoms with Gasteiger partial charge in [0, 0.05) is 40.1 Å². The van der Waals surface area contributed by atoms with Crippen molar-refractivity contribution >= 4 is 58.1 Å². The molecular weight excluding hydrogens is 813 g/mol. The summed E-state index contributed by atoms with van der Waals surface area (Å²) >= 11 is 4.07. The molecule has 1 aliphatic heterocycles. The molecule has 2 aromatic carbocycles. The zero-order chi connectivity index (χ0) is 45.1. The molecule has 4 aromatic rings. The van der Waals surface area contributed by atoms with Crippen LogP contribution in [0.5, 0.6) is 0 Å². The van der Waals surface area contributed by atoms with Gasteiger partial charge in [-0.15, -0.1) is 13.2 Å². The molecule has 3 heterocycles. The number of aryl methyl sites for hydroxylation is 1. The maximum Gasteiger partial charge on any atom is 0.270 e. The van der Waals surface area contributed by atoms with Crippen LogP contribution in [0.25, 0.3) is 10.9 Å². The van der Waals surface area contributed by atoms with E-state index in [9.17, 15) is 19.2 Å². The lowest BCUT2D eigenvalue weighted by molar-refractivity contribution is -0.126. The smallest absolute Gasteiger partial charge is 0.270 e. The zero-order valence-electron chi connectivity index (χ0n) is 37.4. The van der Waals surface area contributed by atoms with Gasteiger partial charge in [0.1, 0.15) is 17.4 Å². The van der Waals surface area contributed by atoms with Gasteiger partial charge in [0.2, 0.25) is 11.8 Å². The number of carbonyl (C=O) groups is 4. The van der Waals surface area contributed by atoms with Crippen molar-refractivity contribution in [2.75, 3.05) is 16.6 Å². The maximum absolute atomic E-state index is 13.4. The Labute approximate surface area is 378 Å². The first-order valence-corrected chi connectivity index (χ1v) is 24.2. The Hall–Kier alpha value is -4.94. The Kier molecular flexibility index (Phi) is 24.4. The van der Waals surface area contributed by atoms with Crippen molar-refractivity contribution in [2.24, 2.45) is 11.8 Å². The first-order chi connectivity index (χ1) is 30.0. The minimum absolute atomic E-state index is 0.150. The van der Waals surface area contributed by atoms with E-state index in [2.05, 4.69) is 63.4 Å². The fraction of sp³-hybridized carbons (Fsp3) is 0.440. The van der Waals surface area contributed by atoms with Gasteiger partial charge in [-0.2, -0.15) is 23.5 Å². The minimum Gasteiger partial charge on any atom is -0.352 e. The number of amides is 4. The van der Waals surface area contributed by atoms with Gasteiger partial charge in [0.15, 0.2) is 0 Å². The third kappa shape index (κ3) is 19.0. The number of para-hydroxylation sites is 1. The standard InChI is InChI=1S/C38H50N6O4.C7H8.C3H6S2.C2H4/c1-5-25(2)34(38(48)40-24-31-16-11-12-22-39-31)44-35(45)26(3)18-20-30(23-28-13-7-6-8-14-28)42-36(46)27(4)41-37(47)33-21-19-29-15-9-10-17-32(29)43-33;1-7-5-3-2-4-6-7;1-2-5-3-4-1;1-2/h9-12,15-17,19,21-22,26-28,30H,5-8,13-14,18,20,23-24H2,1-4H3,(H,40,48)(H,41,47)(H,42,46)(H,44,45);2-6H,1H3;1-3H2;1-2H2/b34-25+;;;/t26-,27+,30-;;;/m1.../s1. The lowest BCUT2D eigenvalue weighted by Gasteiger charge is -2.29. The normalized spacial score (nSPS) is 15.2. The quantitative estimate of drug-likeness (QED) is 0.0683. The van der Waals surface area contributed by atoms with Crippen LogP contribution in [-0.4, -0.2) is 62.3 Å². The Morgan fingerprint density at radius 1 is 0.806 bits per heavy atom. The van der Waals surface area contributed by atoms with Crippen molar-refractivity contribution in [2.45, 2.75) is 111 Å². The first kappa shape index (κ1) is 51.4. The average Bonchev–Trinajstić information content (AvgIpc) is 3.91. The summed E-state index contributed by atoms with van der Waals surface area (Å²) in [5.41, 5.74) is 4.07. The van der Waals surface area contributed by atoms with Crippen molar-refractivity contribution in [1.82, 2.24) is 31.2 Å². The highest BCUT2D eigenvalue weighted by molar-refractivity contribution is 8.19. The SMILES string of the molecule is C1CSCS1.C=C.CC/C(C)=C(/NC(=O)[C@H](C)CC[C@H](CC1CCCCC1)NC(=O)[C@H](C)NC(=O)c1ccc2ccccc2n1)C(=O)NCc1ccccn1.Cc1ccccc1. The molecule has 4 amide bonds. The highest BCUT2D eigenvalue weighted by atomic mass is 32.2. The number of benzene rings is 2. The Morgan fingerprint density at radius 2 is 1.48 bits per heavy atom. The monoisotopic (exact) mass is 880 g/mol. The van der Waals surface area contributed by atoms with E-state index in [1.165, 1.54) is 41.4 Å². The van der Waals surface area contributed by atoms with E-state index in [1.54, 1.807) is 19.2 Å². The van der Waals surface area contributed by atoms with Crippen molar-refractivity contribution in [3.05, 3.63) is 133 Å². The van der Waals surface area contributed by atoms with Crippen molar-refractivity contribution in [3.8, 4) is 0 Å². The molecular formula is C50H68N6O4S2. The summed E-state index contributed by atoms with van der Waals surface area (Å²) in [6, 6.07) is 25.9. The second kappa shape index (κ2) is 29.4. The summed E-state index contributed by atoms with van der Waals surface area (Å²) < 4.78 is 0. The Bertz CT molecular complexity index is 1980. The van der Waals surface area contributed by atoms with Crippen LogP contribution in [0, 0.1) is 18.8 Å². The Morgan fingerprint density at radius 3 is 2.10 bits per heavy atom. The van der Waals surface area contributed by atoms with Crippen LogP contribution in [0.1, 0.15) is 107 Å². The molecule has 4 N–H and O–H groups in total. The summed E-state index contributed by atoms with van der Waals surface area (Å²) in [5.74, 6) is 1.60. The van der Waals surface area contributed by atoms with E-state index in [0.717, 1.165) is 35.9 Å². The number of hydrogen-bond acceptors (Lipinski definition) is 8. The molecule has 2 aromatic heterocycles. The number of nitrogens with zero attached hydrogens (tertiary/aromatic N) is 2. The summed E-state index contributed by atoms with van der Waals surface area (Å²) in [6.45, 7) is 15.6. The highest BCUT2D eigenvalue weighted by Crippen LogP contribution is 2.29. The third-order valence-electron chi connectivity index (χ3n) is 10.7. The molecule has 6 rings (SSSR count). The molecule has 10 nitrogen and oxygen atoms in total. The number of aromatic nitrogens is 2. The number of thioether (sulfide) groups is 2. The number of hydrogen-bond donors (Lipinski definition) is 4. The fourth-order valence-electron chi connectivity index (χ4n) is 6.88. The number of fused-ring (bicyclic) bond motifs is 1. The molecule has 62 heavy (non-hydrogen) atoms. The molecule has 3 atom stereocenters. The molecule has 0 bridgehead atoms. The largest absolute Gasteiger partial charge is 0.352 e. The summed E-state index contributed by atoms with van der Waals surface area (Å²) in [4.78, 5) is 61.5. The van der Waals surface area contributed by atoms with Gasteiger partial charge in [-0.3, -0.25) is 24.2 Å². The van der Waals surface area contributed by atoms with Crippen molar-refractivity contribution in [3.63, 3.8) is 0 Å². The molecule has 12 heteroatoms. The summed E-state index contributed by atoms with van der Waals surface area (Å²) in [7, 11) is 0. The maximum atomic E-state index is 13.4. The van der Waals surface area contributed by atoms with E-state index in [-0.39, 0.29) is 41.7 Å². The van der Waals surface area contributed by atoms with Crippen LogP contribution in [-0.2, 0) is 20.9 Å². The van der Waals surface area contributed by atoms with Crippen LogP contribution in [0.4, 0.5) is 0 Å². The molecule has 334 valence electrons. The topological polar surface area (TPSA) is 142 Å². The van der Waals surface area contributed by atoms with Crippen LogP contribution < -0.4 is 21.3 Å². The lowest BCUT2D eigenvalue weighted by Crippen LogP contribution is -2.49. The fourth-order valence-corrected chi connectivity index (χ4v) is 9.24. The van der Waals surface area contributed by atoms with Gasteiger partial charge in [-0.05, 0) is 82.2 Å². The van der Waals surface area contributed by atoms with Crippen molar-refractivity contribution in [1.29, 1.82) is 0 Å². The molecule has 1 aliphatic carbocycles. The molecule has 0 radical (unpaired) electrons. The Balaban J connectivity index is 0.000000620. The van der Waals surface area contributed by atoms with E-state index < -0.39 is 17.9 Å². The van der Waals surface area contributed by atoms with E-state index in [1.807, 2.05) is 111 Å². The number of nitrogens with one attached hydrogen (secondary N) is 4. The predicted molar refractivity (Wildman–Crippen MR) is 260 cm³/mol. The van der Waals surface area contributed by atoms with Crippen LogP contribution in [0.3, 0.4) is 0 Å². The highest BCUT2D eigenvalue weighted by Gasteiger charge is 2.26. The van der Waals surface area contributed by atoms with Gasteiger partial charge in [0.05, 0.1) is 17.8 Å². The minimum atomic E-state index is -0.769. The second-order valence-electron chi connectivity index (χ2n) is 15.6. The van der Waals surface area contributed by atoms with Crippen LogP contribution in [0.2, 0.25) is 0 Å². The molecule has 1 saturated heterocycles. The van der Waals surface area contributed by atoms with E-state index >= 15 is 0 Å². The van der Waals surface area contributed by atoms with Crippen LogP contribution >= 0.6 is 23.5 Å². The second-order valence-corrected chi connectivity index (χ2v) is 18.2. The molecule has 0 unspecified atom stereocenters. The molecule has 2 fully saturated rings. The summed E-state index contributed by atoms with van der Waals surface area (Å²) in [5, 5.41) is 14.0. The van der Waals surface area contributed by atoms with Crippen molar-refractivity contribution < 1.29 is 19.2 Å². The van der Waals surface area contributed by atoms with E-state index in [4.69, 9.17) is 0 Å². The zero-order valence-corrected chi connectivity index (χ0v) is 39.1. The van der Waals surface area contributed by atoms with Gasteiger partial charge in [-0.25, -0.2) is 4.98 Å². The predicted octanol–water partition coefficient (Wildman–Crippen LogP) is 9.96. The number of pyridine rings is 2. The number of carbonyl (C=O) groups excluding carboxylic acids is 4. The third-order valence-corrected chi connectivity index (χ3v) is 13.3. The van der Waals surface area contributed by atoms with E-state index in [0.29, 0.717) is 30.7 Å². The first-order valence-electron chi connectivity index (χ1n) is 21.9. The molecule has 1 saturated carbocycles. The number of allylic oxidation sites excluding steroid dienone is 1. The van der Waals surface area contributed by atoms with Gasteiger partial charge in [-0.1, -0.05) is 112 Å². The van der Waals surface area contributed by atoms with Crippen LogP contribution in [0.15, 0.2) is 116 Å². The van der Waals surface area contributed by atoms with Gasteiger partial charge in [0.25, 0.3) is 11.8 Å². The van der Waals surface area contributed by atoms with Gasteiger partial charge < -0.3 is 21.3 Å². The van der Waals surface area contributed by atoms with Gasteiger partial charge >= 0.3 is 0 Å². The summed E-state index contributed by atoms with van der Waals surface area (Å²) in [6.07, 6.45) is 10.1. The molecule has 2 aliphatic rings.